The van der Waals surface area contributed by atoms with E-state index < -0.39 is 5.41 Å². The Hall–Kier alpha value is -3.15. The van der Waals surface area contributed by atoms with Crippen LogP contribution in [-0.2, 0) is 9.59 Å². The molecule has 0 spiro atoms. The first-order chi connectivity index (χ1) is 13.3. The lowest BCUT2D eigenvalue weighted by Gasteiger charge is -2.17. The highest BCUT2D eigenvalue weighted by molar-refractivity contribution is 5.91. The van der Waals surface area contributed by atoms with E-state index in [0.29, 0.717) is 19.4 Å². The second kappa shape index (κ2) is 8.25. The number of para-hydroxylation sites is 2. The van der Waals surface area contributed by atoms with E-state index in [1.54, 1.807) is 6.33 Å². The van der Waals surface area contributed by atoms with Crippen molar-refractivity contribution in [2.24, 2.45) is 5.41 Å². The predicted octanol–water partition coefficient (Wildman–Crippen LogP) is 3.91. The molecule has 0 atom stereocenters. The molecular weight excluding hydrogens is 352 g/mol. The number of benzene rings is 2. The number of anilines is 1. The number of fused-ring (bicyclic) bond motifs is 1. The zero-order chi connectivity index (χ0) is 20.1. The van der Waals surface area contributed by atoms with Crippen molar-refractivity contribution in [3.8, 4) is 5.69 Å². The molecule has 0 aliphatic carbocycles. The Morgan fingerprint density at radius 2 is 1.75 bits per heavy atom. The minimum atomic E-state index is -0.412. The second-order valence-corrected chi connectivity index (χ2v) is 7.81. The number of carbonyl (C=O) groups excluding carboxylic acids is 2. The van der Waals surface area contributed by atoms with Crippen LogP contribution in [0, 0.1) is 5.41 Å². The summed E-state index contributed by atoms with van der Waals surface area (Å²) < 4.78 is 2.01. The Morgan fingerprint density at radius 1 is 1.04 bits per heavy atom. The molecule has 1 aromatic heterocycles. The van der Waals surface area contributed by atoms with Gasteiger partial charge >= 0.3 is 0 Å². The van der Waals surface area contributed by atoms with Crippen LogP contribution in [0.4, 0.5) is 5.69 Å². The number of nitrogens with one attached hydrogen (secondary N) is 2. The van der Waals surface area contributed by atoms with Gasteiger partial charge in [0, 0.05) is 29.8 Å². The standard InChI is InChI=1S/C22H26N4O2/c1-22(2,3)21(28)23-14-6-9-20(27)25-16-10-12-17(13-11-16)26-15-24-18-7-4-5-8-19(18)26/h4-5,7-8,10-13,15H,6,9,14H2,1-3H3,(H,23,28)(H,25,27). The molecule has 0 aliphatic rings. The summed E-state index contributed by atoms with van der Waals surface area (Å²) in [5, 5.41) is 5.75. The van der Waals surface area contributed by atoms with Gasteiger partial charge in [0.25, 0.3) is 0 Å². The molecule has 6 heteroatoms. The molecule has 28 heavy (non-hydrogen) atoms. The Balaban J connectivity index is 1.52. The topological polar surface area (TPSA) is 76.0 Å². The number of carbonyl (C=O) groups is 2. The number of imidazole rings is 1. The van der Waals surface area contributed by atoms with Crippen molar-refractivity contribution in [1.29, 1.82) is 0 Å². The van der Waals surface area contributed by atoms with Gasteiger partial charge in [0.1, 0.15) is 6.33 Å². The molecule has 2 amide bonds. The van der Waals surface area contributed by atoms with Gasteiger partial charge in [-0.3, -0.25) is 14.2 Å². The summed E-state index contributed by atoms with van der Waals surface area (Å²) in [5.41, 5.74) is 3.30. The quantitative estimate of drug-likeness (QED) is 0.639. The Morgan fingerprint density at radius 3 is 2.46 bits per heavy atom. The molecule has 1 heterocycles. The lowest BCUT2D eigenvalue weighted by atomic mass is 9.96. The Kier molecular flexibility index (Phi) is 5.78. The van der Waals surface area contributed by atoms with E-state index in [4.69, 9.17) is 0 Å². The maximum Gasteiger partial charge on any atom is 0.225 e. The lowest BCUT2D eigenvalue weighted by molar-refractivity contribution is -0.128. The maximum absolute atomic E-state index is 12.1. The third-order valence-electron chi connectivity index (χ3n) is 4.43. The van der Waals surface area contributed by atoms with E-state index in [9.17, 15) is 9.59 Å². The van der Waals surface area contributed by atoms with Crippen LogP contribution in [-0.4, -0.2) is 27.9 Å². The minimum Gasteiger partial charge on any atom is -0.356 e. The van der Waals surface area contributed by atoms with Crippen molar-refractivity contribution < 1.29 is 9.59 Å². The number of nitrogens with zero attached hydrogens (tertiary/aromatic N) is 2. The number of hydrogen-bond donors (Lipinski definition) is 2. The fourth-order valence-corrected chi connectivity index (χ4v) is 2.81. The molecule has 0 unspecified atom stereocenters. The Labute approximate surface area is 165 Å². The molecule has 2 aromatic carbocycles. The largest absolute Gasteiger partial charge is 0.356 e. The van der Waals surface area contributed by atoms with Gasteiger partial charge in [-0.15, -0.1) is 0 Å². The summed E-state index contributed by atoms with van der Waals surface area (Å²) in [7, 11) is 0. The fourth-order valence-electron chi connectivity index (χ4n) is 2.81. The Bertz CT molecular complexity index is 968. The molecule has 0 saturated carbocycles. The van der Waals surface area contributed by atoms with E-state index in [1.807, 2.05) is 73.9 Å². The van der Waals surface area contributed by atoms with Crippen LogP contribution in [0.25, 0.3) is 16.7 Å². The van der Waals surface area contributed by atoms with Gasteiger partial charge in [0.15, 0.2) is 0 Å². The zero-order valence-corrected chi connectivity index (χ0v) is 16.5. The SMILES string of the molecule is CC(C)(C)C(=O)NCCCC(=O)Nc1ccc(-n2cnc3ccccc32)cc1. The highest BCUT2D eigenvalue weighted by atomic mass is 16.2. The van der Waals surface area contributed by atoms with Crippen molar-refractivity contribution in [3.05, 3.63) is 54.9 Å². The average molecular weight is 378 g/mol. The summed E-state index contributed by atoms with van der Waals surface area (Å²) in [6.45, 7) is 6.10. The predicted molar refractivity (Wildman–Crippen MR) is 111 cm³/mol. The van der Waals surface area contributed by atoms with Gasteiger partial charge < -0.3 is 10.6 Å². The van der Waals surface area contributed by atoms with Crippen LogP contribution in [0.2, 0.25) is 0 Å². The van der Waals surface area contributed by atoms with E-state index in [-0.39, 0.29) is 11.8 Å². The molecule has 0 radical (unpaired) electrons. The summed E-state index contributed by atoms with van der Waals surface area (Å²) in [6, 6.07) is 15.6. The van der Waals surface area contributed by atoms with Crippen molar-refractivity contribution in [3.63, 3.8) is 0 Å². The van der Waals surface area contributed by atoms with Crippen LogP contribution in [0.15, 0.2) is 54.9 Å². The highest BCUT2D eigenvalue weighted by Gasteiger charge is 2.20. The van der Waals surface area contributed by atoms with E-state index in [1.165, 1.54) is 0 Å². The highest BCUT2D eigenvalue weighted by Crippen LogP contribution is 2.19. The summed E-state index contributed by atoms with van der Waals surface area (Å²) >= 11 is 0. The smallest absolute Gasteiger partial charge is 0.225 e. The summed E-state index contributed by atoms with van der Waals surface area (Å²) in [5.74, 6) is -0.0682. The fraction of sp³-hybridized carbons (Fsp3) is 0.318. The van der Waals surface area contributed by atoms with Crippen molar-refractivity contribution in [2.75, 3.05) is 11.9 Å². The van der Waals surface area contributed by atoms with E-state index in [0.717, 1.165) is 22.4 Å². The molecular formula is C22H26N4O2. The number of amides is 2. The van der Waals surface area contributed by atoms with Gasteiger partial charge in [-0.25, -0.2) is 4.98 Å². The third-order valence-corrected chi connectivity index (χ3v) is 4.43. The number of aromatic nitrogens is 2. The third kappa shape index (κ3) is 4.76. The monoisotopic (exact) mass is 378 g/mol. The first-order valence-corrected chi connectivity index (χ1v) is 9.45. The van der Waals surface area contributed by atoms with Crippen molar-refractivity contribution in [1.82, 2.24) is 14.9 Å². The van der Waals surface area contributed by atoms with Crippen LogP contribution >= 0.6 is 0 Å². The van der Waals surface area contributed by atoms with E-state index >= 15 is 0 Å². The maximum atomic E-state index is 12.1. The van der Waals surface area contributed by atoms with Crippen LogP contribution in [0.5, 0.6) is 0 Å². The molecule has 0 aliphatic heterocycles. The van der Waals surface area contributed by atoms with Gasteiger partial charge in [-0.05, 0) is 42.8 Å². The molecule has 0 bridgehead atoms. The number of rotatable bonds is 6. The van der Waals surface area contributed by atoms with E-state index in [2.05, 4.69) is 15.6 Å². The normalized spacial score (nSPS) is 11.4. The second-order valence-electron chi connectivity index (χ2n) is 7.81. The first kappa shape index (κ1) is 19.6. The minimum absolute atomic E-state index is 0.00415. The van der Waals surface area contributed by atoms with Crippen LogP contribution in [0.1, 0.15) is 33.6 Å². The van der Waals surface area contributed by atoms with Gasteiger partial charge in [0.2, 0.25) is 11.8 Å². The molecule has 2 N–H and O–H groups in total. The van der Waals surface area contributed by atoms with Crippen LogP contribution < -0.4 is 10.6 Å². The number of hydrogen-bond acceptors (Lipinski definition) is 3. The van der Waals surface area contributed by atoms with Crippen molar-refractivity contribution in [2.45, 2.75) is 33.6 Å². The average Bonchev–Trinajstić information content (AvgIpc) is 3.09. The van der Waals surface area contributed by atoms with Gasteiger partial charge in [-0.2, -0.15) is 0 Å². The summed E-state index contributed by atoms with van der Waals surface area (Å²) in [4.78, 5) is 28.3. The summed E-state index contributed by atoms with van der Waals surface area (Å²) in [6.07, 6.45) is 2.76. The van der Waals surface area contributed by atoms with Gasteiger partial charge in [0.05, 0.1) is 11.0 Å². The molecule has 3 rings (SSSR count). The zero-order valence-electron chi connectivity index (χ0n) is 16.5. The molecule has 0 saturated heterocycles. The lowest BCUT2D eigenvalue weighted by Crippen LogP contribution is -2.35. The first-order valence-electron chi connectivity index (χ1n) is 9.45. The molecule has 3 aromatic rings. The molecule has 6 nitrogen and oxygen atoms in total. The molecule has 0 fully saturated rings. The van der Waals surface area contributed by atoms with Gasteiger partial charge in [-0.1, -0.05) is 32.9 Å². The van der Waals surface area contributed by atoms with Crippen LogP contribution in [0.3, 0.4) is 0 Å². The molecule has 146 valence electrons. The van der Waals surface area contributed by atoms with Crippen molar-refractivity contribution >= 4 is 28.5 Å².